The highest BCUT2D eigenvalue weighted by molar-refractivity contribution is 5.80. The first-order valence-electron chi connectivity index (χ1n) is 9.49. The Balaban J connectivity index is 1.45. The van der Waals surface area contributed by atoms with Gasteiger partial charge in [0.2, 0.25) is 0 Å². The second-order valence-electron chi connectivity index (χ2n) is 7.00. The lowest BCUT2D eigenvalue weighted by Gasteiger charge is -2.26. The molecule has 1 N–H and O–H groups in total. The summed E-state index contributed by atoms with van der Waals surface area (Å²) in [5.74, 6) is 0.596. The van der Waals surface area contributed by atoms with Crippen molar-refractivity contribution in [2.45, 2.75) is 33.0 Å². The zero-order chi connectivity index (χ0) is 19.1. The maximum atomic E-state index is 12.3. The van der Waals surface area contributed by atoms with E-state index in [4.69, 9.17) is 9.47 Å². The van der Waals surface area contributed by atoms with E-state index >= 15 is 0 Å². The molecule has 1 heterocycles. The van der Waals surface area contributed by atoms with Gasteiger partial charge in [-0.15, -0.1) is 0 Å². The average molecular weight is 368 g/mol. The van der Waals surface area contributed by atoms with Crippen LogP contribution in [0, 0.1) is 6.92 Å². The Morgan fingerprint density at radius 1 is 1.15 bits per heavy atom. The summed E-state index contributed by atoms with van der Waals surface area (Å²) in [6.07, 6.45) is -0.535. The van der Waals surface area contributed by atoms with E-state index in [2.05, 4.69) is 34.5 Å². The topological polar surface area (TPSA) is 50.8 Å². The molecule has 1 aliphatic heterocycles. The molecule has 0 unspecified atom stereocenters. The van der Waals surface area contributed by atoms with Crippen LogP contribution in [-0.2, 0) is 22.6 Å². The number of hydrogen-bond acceptors (Lipinski definition) is 4. The molecular weight excluding hydrogens is 340 g/mol. The van der Waals surface area contributed by atoms with Gasteiger partial charge in [-0.1, -0.05) is 36.4 Å². The Morgan fingerprint density at radius 2 is 1.85 bits per heavy atom. The van der Waals surface area contributed by atoms with E-state index in [1.54, 1.807) is 6.92 Å². The first kappa shape index (κ1) is 19.4. The summed E-state index contributed by atoms with van der Waals surface area (Å²) in [5, 5.41) is 2.94. The molecule has 1 amide bonds. The van der Waals surface area contributed by atoms with Crippen molar-refractivity contribution in [3.05, 3.63) is 65.2 Å². The van der Waals surface area contributed by atoms with Crippen molar-refractivity contribution < 1.29 is 14.3 Å². The van der Waals surface area contributed by atoms with Crippen LogP contribution in [0.2, 0.25) is 0 Å². The van der Waals surface area contributed by atoms with E-state index in [0.717, 1.165) is 44.0 Å². The maximum absolute atomic E-state index is 12.3. The normalized spacial score (nSPS) is 15.9. The van der Waals surface area contributed by atoms with Crippen LogP contribution >= 0.6 is 0 Å². The number of benzene rings is 2. The molecule has 0 aromatic heterocycles. The number of carbonyl (C=O) groups is 1. The van der Waals surface area contributed by atoms with Gasteiger partial charge in [-0.3, -0.25) is 9.69 Å². The van der Waals surface area contributed by atoms with Crippen LogP contribution < -0.4 is 10.1 Å². The van der Waals surface area contributed by atoms with E-state index < -0.39 is 6.10 Å². The summed E-state index contributed by atoms with van der Waals surface area (Å²) < 4.78 is 11.1. The summed E-state index contributed by atoms with van der Waals surface area (Å²) in [6.45, 7) is 8.80. The fourth-order valence-corrected chi connectivity index (χ4v) is 3.06. The number of aryl methyl sites for hydroxylation is 1. The molecule has 1 aliphatic rings. The van der Waals surface area contributed by atoms with Crippen LogP contribution in [0.1, 0.15) is 23.6 Å². The van der Waals surface area contributed by atoms with Gasteiger partial charge in [0.15, 0.2) is 6.10 Å². The number of ether oxygens (including phenoxy) is 2. The standard InChI is InChI=1S/C22H28N2O3/c1-17-4-3-5-21(14-17)27-18(2)22(25)23-15-19-6-8-20(9-7-19)16-24-10-12-26-13-11-24/h3-9,14,18H,10-13,15-16H2,1-2H3,(H,23,25)/t18-/m0/s1. The van der Waals surface area contributed by atoms with Crippen molar-refractivity contribution in [3.63, 3.8) is 0 Å². The van der Waals surface area contributed by atoms with E-state index in [0.29, 0.717) is 12.3 Å². The van der Waals surface area contributed by atoms with Gasteiger partial charge in [-0.05, 0) is 42.7 Å². The number of carbonyl (C=O) groups excluding carboxylic acids is 1. The highest BCUT2D eigenvalue weighted by atomic mass is 16.5. The van der Waals surface area contributed by atoms with Gasteiger partial charge in [-0.2, -0.15) is 0 Å². The highest BCUT2D eigenvalue weighted by Crippen LogP contribution is 2.14. The zero-order valence-electron chi connectivity index (χ0n) is 16.1. The molecule has 27 heavy (non-hydrogen) atoms. The highest BCUT2D eigenvalue weighted by Gasteiger charge is 2.14. The van der Waals surface area contributed by atoms with Crippen molar-refractivity contribution in [1.29, 1.82) is 0 Å². The zero-order valence-corrected chi connectivity index (χ0v) is 16.1. The molecule has 3 rings (SSSR count). The second-order valence-corrected chi connectivity index (χ2v) is 7.00. The average Bonchev–Trinajstić information content (AvgIpc) is 2.68. The predicted octanol–water partition coefficient (Wildman–Crippen LogP) is 2.91. The molecule has 0 radical (unpaired) electrons. The van der Waals surface area contributed by atoms with Gasteiger partial charge in [0.25, 0.3) is 5.91 Å². The maximum Gasteiger partial charge on any atom is 0.261 e. The SMILES string of the molecule is Cc1cccc(O[C@@H](C)C(=O)NCc2ccc(CN3CCOCC3)cc2)c1. The quantitative estimate of drug-likeness (QED) is 0.816. The summed E-state index contributed by atoms with van der Waals surface area (Å²) >= 11 is 0. The van der Waals surface area contributed by atoms with Crippen LogP contribution in [0.4, 0.5) is 0 Å². The molecule has 1 fully saturated rings. The number of nitrogens with one attached hydrogen (secondary N) is 1. The molecule has 1 saturated heterocycles. The molecule has 2 aromatic carbocycles. The lowest BCUT2D eigenvalue weighted by molar-refractivity contribution is -0.127. The minimum Gasteiger partial charge on any atom is -0.481 e. The van der Waals surface area contributed by atoms with Crippen molar-refractivity contribution in [1.82, 2.24) is 10.2 Å². The first-order valence-corrected chi connectivity index (χ1v) is 9.49. The summed E-state index contributed by atoms with van der Waals surface area (Å²) in [7, 11) is 0. The van der Waals surface area contributed by atoms with Crippen LogP contribution in [0.3, 0.4) is 0 Å². The van der Waals surface area contributed by atoms with Crippen LogP contribution in [0.15, 0.2) is 48.5 Å². The third-order valence-corrected chi connectivity index (χ3v) is 4.67. The summed E-state index contributed by atoms with van der Waals surface area (Å²) in [6, 6.07) is 16.1. The number of amides is 1. The molecule has 0 aliphatic carbocycles. The van der Waals surface area contributed by atoms with Crippen molar-refractivity contribution in [3.8, 4) is 5.75 Å². The largest absolute Gasteiger partial charge is 0.481 e. The molecule has 0 spiro atoms. The molecule has 5 nitrogen and oxygen atoms in total. The number of rotatable bonds is 7. The van der Waals surface area contributed by atoms with Crippen LogP contribution in [0.5, 0.6) is 5.75 Å². The molecule has 5 heteroatoms. The summed E-state index contributed by atoms with van der Waals surface area (Å²) in [5.41, 5.74) is 3.47. The fourth-order valence-electron chi connectivity index (χ4n) is 3.06. The third kappa shape index (κ3) is 6.08. The minimum absolute atomic E-state index is 0.117. The van der Waals surface area contributed by atoms with Gasteiger partial charge in [0, 0.05) is 26.2 Å². The summed E-state index contributed by atoms with van der Waals surface area (Å²) in [4.78, 5) is 14.7. The van der Waals surface area contributed by atoms with E-state index in [1.165, 1.54) is 5.56 Å². The van der Waals surface area contributed by atoms with Crippen LogP contribution in [-0.4, -0.2) is 43.2 Å². The molecule has 0 bridgehead atoms. The first-order chi connectivity index (χ1) is 13.1. The molecule has 144 valence electrons. The van der Waals surface area contributed by atoms with Gasteiger partial charge < -0.3 is 14.8 Å². The number of hydrogen-bond donors (Lipinski definition) is 1. The van der Waals surface area contributed by atoms with E-state index in [1.807, 2.05) is 31.2 Å². The number of morpholine rings is 1. The van der Waals surface area contributed by atoms with Gasteiger partial charge >= 0.3 is 0 Å². The number of nitrogens with zero attached hydrogens (tertiary/aromatic N) is 1. The van der Waals surface area contributed by atoms with Crippen molar-refractivity contribution in [2.24, 2.45) is 0 Å². The van der Waals surface area contributed by atoms with E-state index in [9.17, 15) is 4.79 Å². The third-order valence-electron chi connectivity index (χ3n) is 4.67. The van der Waals surface area contributed by atoms with E-state index in [-0.39, 0.29) is 5.91 Å². The Morgan fingerprint density at radius 3 is 2.56 bits per heavy atom. The Hall–Kier alpha value is -2.37. The van der Waals surface area contributed by atoms with Gasteiger partial charge in [-0.25, -0.2) is 0 Å². The Bertz CT molecular complexity index is 739. The van der Waals surface area contributed by atoms with Gasteiger partial charge in [0.05, 0.1) is 13.2 Å². The minimum atomic E-state index is -0.535. The predicted molar refractivity (Wildman–Crippen MR) is 106 cm³/mol. The molecule has 0 saturated carbocycles. The lowest BCUT2D eigenvalue weighted by Crippen LogP contribution is -2.36. The second kappa shape index (κ2) is 9.53. The lowest BCUT2D eigenvalue weighted by atomic mass is 10.1. The Labute approximate surface area is 161 Å². The van der Waals surface area contributed by atoms with Crippen molar-refractivity contribution in [2.75, 3.05) is 26.3 Å². The molecule has 2 aromatic rings. The van der Waals surface area contributed by atoms with Crippen LogP contribution in [0.25, 0.3) is 0 Å². The fraction of sp³-hybridized carbons (Fsp3) is 0.409. The smallest absolute Gasteiger partial charge is 0.261 e. The Kier molecular flexibility index (Phi) is 6.85. The molecule has 1 atom stereocenters. The van der Waals surface area contributed by atoms with Crippen molar-refractivity contribution >= 4 is 5.91 Å². The van der Waals surface area contributed by atoms with Gasteiger partial charge in [0.1, 0.15) is 5.75 Å². The monoisotopic (exact) mass is 368 g/mol. The molecular formula is C22H28N2O3.